The summed E-state index contributed by atoms with van der Waals surface area (Å²) >= 11 is 0. The van der Waals surface area contributed by atoms with Crippen LogP contribution in [-0.2, 0) is 9.47 Å². The molecule has 0 aromatic carbocycles. The molecule has 1 rings (SSSR count). The summed E-state index contributed by atoms with van der Waals surface area (Å²) in [6.45, 7) is 8.29. The van der Waals surface area contributed by atoms with Gasteiger partial charge in [0.15, 0.2) is 0 Å². The molecule has 0 spiro atoms. The molecule has 2 N–H and O–H groups in total. The molecule has 5 nitrogen and oxygen atoms in total. The first kappa shape index (κ1) is 13.3. The van der Waals surface area contributed by atoms with Gasteiger partial charge in [-0.2, -0.15) is 0 Å². The van der Waals surface area contributed by atoms with E-state index in [1.54, 1.807) is 0 Å². The van der Waals surface area contributed by atoms with Crippen LogP contribution in [0.5, 0.6) is 0 Å². The van der Waals surface area contributed by atoms with Crippen LogP contribution in [0.3, 0.4) is 0 Å². The Morgan fingerprint density at radius 1 is 1.44 bits per heavy atom. The summed E-state index contributed by atoms with van der Waals surface area (Å²) in [5.41, 5.74) is 5.02. The van der Waals surface area contributed by atoms with Crippen molar-refractivity contribution in [2.75, 3.05) is 6.61 Å². The van der Waals surface area contributed by atoms with Gasteiger partial charge in [0.1, 0.15) is 5.60 Å². The fourth-order valence-corrected chi connectivity index (χ4v) is 1.57. The van der Waals surface area contributed by atoms with Crippen LogP contribution in [-0.4, -0.2) is 30.4 Å². The maximum Gasteiger partial charge on any atom is 0.422 e. The van der Waals surface area contributed by atoms with Crippen molar-refractivity contribution < 1.29 is 14.3 Å². The highest BCUT2D eigenvalue weighted by Crippen LogP contribution is 2.12. The first-order chi connectivity index (χ1) is 7.38. The van der Waals surface area contributed by atoms with Crippen LogP contribution in [0.1, 0.15) is 40.5 Å². The molecule has 2 unspecified atom stereocenters. The molecular weight excluding hydrogens is 208 g/mol. The number of amides is 1. The highest BCUT2D eigenvalue weighted by atomic mass is 16.6. The van der Waals surface area contributed by atoms with E-state index < -0.39 is 11.7 Å². The molecule has 16 heavy (non-hydrogen) atoms. The van der Waals surface area contributed by atoms with Gasteiger partial charge in [-0.3, -0.25) is 5.43 Å². The van der Waals surface area contributed by atoms with E-state index in [0.717, 1.165) is 19.4 Å². The number of carbonyl (C=O) groups excluding carboxylic acids is 1. The Morgan fingerprint density at radius 3 is 2.69 bits per heavy atom. The van der Waals surface area contributed by atoms with Crippen molar-refractivity contribution in [1.29, 1.82) is 0 Å². The molecule has 1 heterocycles. The van der Waals surface area contributed by atoms with Crippen LogP contribution in [0.25, 0.3) is 0 Å². The number of hydrogen-bond donors (Lipinski definition) is 2. The number of ether oxygens (including phenoxy) is 2. The molecular formula is C11H22N2O3. The van der Waals surface area contributed by atoms with Crippen molar-refractivity contribution in [2.24, 2.45) is 0 Å². The number of carbonyl (C=O) groups is 1. The van der Waals surface area contributed by atoms with Gasteiger partial charge in [-0.15, -0.1) is 0 Å². The van der Waals surface area contributed by atoms with Gasteiger partial charge in [0, 0.05) is 6.61 Å². The van der Waals surface area contributed by atoms with Gasteiger partial charge in [-0.1, -0.05) is 0 Å². The topological polar surface area (TPSA) is 59.6 Å². The summed E-state index contributed by atoms with van der Waals surface area (Å²) < 4.78 is 10.6. The number of hydrogen-bond acceptors (Lipinski definition) is 4. The lowest BCUT2D eigenvalue weighted by atomic mass is 10.1. The van der Waals surface area contributed by atoms with Crippen molar-refractivity contribution >= 4 is 6.09 Å². The van der Waals surface area contributed by atoms with Gasteiger partial charge in [-0.05, 0) is 40.5 Å². The van der Waals surface area contributed by atoms with Crippen LogP contribution in [0, 0.1) is 0 Å². The Morgan fingerprint density at radius 2 is 2.12 bits per heavy atom. The number of hydrazine groups is 1. The minimum atomic E-state index is -0.472. The number of rotatable bonds is 2. The van der Waals surface area contributed by atoms with Crippen LogP contribution in [0.2, 0.25) is 0 Å². The van der Waals surface area contributed by atoms with Crippen molar-refractivity contribution in [2.45, 2.75) is 58.3 Å². The molecule has 0 bridgehead atoms. The Kier molecular flexibility index (Phi) is 4.56. The Hall–Kier alpha value is -0.810. The molecule has 1 aliphatic rings. The molecule has 94 valence electrons. The second kappa shape index (κ2) is 5.50. The monoisotopic (exact) mass is 230 g/mol. The standard InChI is InChI=1S/C11H22N2O3/c1-8-9(6-5-7-15-8)12-13-10(14)16-11(2,3)4/h8-9,12H,5-7H2,1-4H3,(H,13,14). The third-order valence-electron chi connectivity index (χ3n) is 2.37. The predicted molar refractivity (Wildman–Crippen MR) is 60.9 cm³/mol. The predicted octanol–water partition coefficient (Wildman–Crippen LogP) is 1.58. The van der Waals surface area contributed by atoms with Crippen LogP contribution < -0.4 is 10.9 Å². The van der Waals surface area contributed by atoms with Crippen LogP contribution in [0.15, 0.2) is 0 Å². The van der Waals surface area contributed by atoms with Crippen molar-refractivity contribution in [3.8, 4) is 0 Å². The highest BCUT2D eigenvalue weighted by Gasteiger charge is 2.23. The summed E-state index contributed by atoms with van der Waals surface area (Å²) in [6.07, 6.45) is 1.67. The SMILES string of the molecule is CC1OCCCC1NNC(=O)OC(C)(C)C. The van der Waals surface area contributed by atoms with Gasteiger partial charge < -0.3 is 9.47 Å². The van der Waals surface area contributed by atoms with E-state index in [-0.39, 0.29) is 12.1 Å². The molecule has 0 aliphatic carbocycles. The lowest BCUT2D eigenvalue weighted by Crippen LogP contribution is -2.52. The van der Waals surface area contributed by atoms with Gasteiger partial charge in [0.05, 0.1) is 12.1 Å². The summed E-state index contributed by atoms with van der Waals surface area (Å²) in [7, 11) is 0. The fourth-order valence-electron chi connectivity index (χ4n) is 1.57. The maximum atomic E-state index is 11.4. The van der Waals surface area contributed by atoms with E-state index in [1.165, 1.54) is 0 Å². The fraction of sp³-hybridized carbons (Fsp3) is 0.909. The normalized spacial score (nSPS) is 26.2. The lowest BCUT2D eigenvalue weighted by molar-refractivity contribution is -0.00420. The van der Waals surface area contributed by atoms with Crippen molar-refractivity contribution in [1.82, 2.24) is 10.9 Å². The van der Waals surface area contributed by atoms with E-state index in [9.17, 15) is 4.79 Å². The molecule has 1 saturated heterocycles. The molecule has 0 saturated carbocycles. The molecule has 1 fully saturated rings. The first-order valence-electron chi connectivity index (χ1n) is 5.74. The zero-order valence-corrected chi connectivity index (χ0v) is 10.5. The second-order valence-electron chi connectivity index (χ2n) is 5.10. The zero-order chi connectivity index (χ0) is 12.2. The lowest BCUT2D eigenvalue weighted by Gasteiger charge is -2.30. The van der Waals surface area contributed by atoms with Gasteiger partial charge >= 0.3 is 6.09 Å². The molecule has 0 aromatic rings. The molecule has 0 radical (unpaired) electrons. The Balaban J connectivity index is 2.25. The van der Waals surface area contributed by atoms with Crippen LogP contribution >= 0.6 is 0 Å². The maximum absolute atomic E-state index is 11.4. The number of nitrogens with one attached hydrogen (secondary N) is 2. The molecule has 1 amide bonds. The smallest absolute Gasteiger partial charge is 0.422 e. The summed E-state index contributed by atoms with van der Waals surface area (Å²) in [5, 5.41) is 0. The highest BCUT2D eigenvalue weighted by molar-refractivity contribution is 5.67. The van der Waals surface area contributed by atoms with Crippen molar-refractivity contribution in [3.05, 3.63) is 0 Å². The Labute approximate surface area is 96.8 Å². The van der Waals surface area contributed by atoms with Gasteiger partial charge in [0.2, 0.25) is 0 Å². The van der Waals surface area contributed by atoms with Gasteiger partial charge in [-0.25, -0.2) is 10.2 Å². The second-order valence-corrected chi connectivity index (χ2v) is 5.10. The molecule has 5 heteroatoms. The molecule has 0 aromatic heterocycles. The zero-order valence-electron chi connectivity index (χ0n) is 10.5. The van der Waals surface area contributed by atoms with E-state index in [2.05, 4.69) is 10.9 Å². The molecule has 1 aliphatic heterocycles. The average Bonchev–Trinajstić information content (AvgIpc) is 2.14. The minimum absolute atomic E-state index is 0.115. The van der Waals surface area contributed by atoms with E-state index in [4.69, 9.17) is 9.47 Å². The third-order valence-corrected chi connectivity index (χ3v) is 2.37. The van der Waals surface area contributed by atoms with E-state index >= 15 is 0 Å². The first-order valence-corrected chi connectivity index (χ1v) is 5.74. The Bertz CT molecular complexity index is 238. The molecule has 2 atom stereocenters. The van der Waals surface area contributed by atoms with E-state index in [0.29, 0.717) is 0 Å². The summed E-state index contributed by atoms with van der Waals surface area (Å²) in [6, 6.07) is 0.154. The quantitative estimate of drug-likeness (QED) is 0.707. The average molecular weight is 230 g/mol. The van der Waals surface area contributed by atoms with Gasteiger partial charge in [0.25, 0.3) is 0 Å². The summed E-state index contributed by atoms with van der Waals surface area (Å²) in [4.78, 5) is 11.4. The summed E-state index contributed by atoms with van der Waals surface area (Å²) in [5.74, 6) is 0. The van der Waals surface area contributed by atoms with Crippen LogP contribution in [0.4, 0.5) is 4.79 Å². The van der Waals surface area contributed by atoms with Crippen molar-refractivity contribution in [3.63, 3.8) is 0 Å². The largest absolute Gasteiger partial charge is 0.443 e. The third kappa shape index (κ3) is 4.81. The van der Waals surface area contributed by atoms with E-state index in [1.807, 2.05) is 27.7 Å². The minimum Gasteiger partial charge on any atom is -0.443 e.